The predicted octanol–water partition coefficient (Wildman–Crippen LogP) is 4.56. The Morgan fingerprint density at radius 3 is 2.75 bits per heavy atom. The number of amides is 1. The summed E-state index contributed by atoms with van der Waals surface area (Å²) in [5, 5.41) is 7.66. The van der Waals surface area contributed by atoms with Gasteiger partial charge in [0, 0.05) is 36.8 Å². The molecule has 1 aromatic rings. The van der Waals surface area contributed by atoms with Gasteiger partial charge >= 0.3 is 0 Å². The molecular weight excluding hydrogens is 348 g/mol. The summed E-state index contributed by atoms with van der Waals surface area (Å²) in [4.78, 5) is 17.6. The van der Waals surface area contributed by atoms with Crippen molar-refractivity contribution in [1.82, 2.24) is 20.0 Å². The molecule has 158 valence electrons. The second kappa shape index (κ2) is 9.43. The van der Waals surface area contributed by atoms with E-state index in [2.05, 4.69) is 47.8 Å². The lowest BCUT2D eigenvalue weighted by molar-refractivity contribution is -0.137. The Kier molecular flexibility index (Phi) is 7.19. The molecule has 0 radical (unpaired) electrons. The zero-order chi connectivity index (χ0) is 20.1. The highest BCUT2D eigenvalue weighted by atomic mass is 16.2. The number of aromatic nitrogens is 2. The molecule has 1 N–H and O–H groups in total. The highest BCUT2D eigenvalue weighted by Crippen LogP contribution is 2.49. The van der Waals surface area contributed by atoms with Gasteiger partial charge in [-0.2, -0.15) is 5.10 Å². The van der Waals surface area contributed by atoms with Gasteiger partial charge in [0.2, 0.25) is 5.91 Å². The topological polar surface area (TPSA) is 52.2 Å². The molecule has 1 aromatic heterocycles. The molecule has 1 aliphatic carbocycles. The Labute approximate surface area is 171 Å². The minimum atomic E-state index is -0.0639. The molecule has 28 heavy (non-hydrogen) atoms. The molecule has 1 spiro atoms. The second-order valence-electron chi connectivity index (χ2n) is 9.68. The average molecular weight is 389 g/mol. The second-order valence-corrected chi connectivity index (χ2v) is 9.68. The first-order chi connectivity index (χ1) is 13.4. The van der Waals surface area contributed by atoms with Crippen molar-refractivity contribution in [3.8, 4) is 0 Å². The maximum absolute atomic E-state index is 13.1. The molecule has 0 atom stereocenters. The van der Waals surface area contributed by atoms with E-state index >= 15 is 0 Å². The van der Waals surface area contributed by atoms with E-state index in [0.717, 1.165) is 64.7 Å². The lowest BCUT2D eigenvalue weighted by atomic mass is 9.68. The summed E-state index contributed by atoms with van der Waals surface area (Å²) in [6.07, 6.45) is 11.0. The van der Waals surface area contributed by atoms with Crippen LogP contribution in [0.15, 0.2) is 6.20 Å². The van der Waals surface area contributed by atoms with Gasteiger partial charge in [0.15, 0.2) is 0 Å². The number of unbranched alkanes of at least 4 members (excludes halogenated alkanes) is 1. The molecule has 2 fully saturated rings. The lowest BCUT2D eigenvalue weighted by Crippen LogP contribution is -2.38. The summed E-state index contributed by atoms with van der Waals surface area (Å²) in [7, 11) is 2.20. The number of hydrogen-bond acceptors (Lipinski definition) is 3. The van der Waals surface area contributed by atoms with Crippen LogP contribution >= 0.6 is 0 Å². The van der Waals surface area contributed by atoms with E-state index in [-0.39, 0.29) is 5.41 Å². The van der Waals surface area contributed by atoms with Crippen LogP contribution in [0.2, 0.25) is 0 Å². The van der Waals surface area contributed by atoms with Crippen molar-refractivity contribution in [2.24, 2.45) is 11.3 Å². The maximum Gasteiger partial charge on any atom is 0.228 e. The zero-order valence-electron chi connectivity index (χ0n) is 18.5. The van der Waals surface area contributed by atoms with Crippen LogP contribution in [0.5, 0.6) is 0 Å². The molecule has 1 amide bonds. The van der Waals surface area contributed by atoms with Gasteiger partial charge in [-0.05, 0) is 64.5 Å². The van der Waals surface area contributed by atoms with Gasteiger partial charge in [0.1, 0.15) is 0 Å². The first kappa shape index (κ1) is 21.4. The van der Waals surface area contributed by atoms with E-state index in [9.17, 15) is 4.79 Å². The Balaban J connectivity index is 1.56. The smallest absolute Gasteiger partial charge is 0.228 e. The Bertz CT molecular complexity index is 630. The number of rotatable bonds is 9. The van der Waals surface area contributed by atoms with Crippen LogP contribution in [0.25, 0.3) is 0 Å². The standard InChI is InChI=1S/C23H40N4O/c1-5-6-13-26(4)17-20-16-24-25-21(20)19-7-10-23(11-8-19)12-15-27(22(23)28)14-9-18(2)3/h16,18-19H,5-15,17H2,1-4H3,(H,24,25). The van der Waals surface area contributed by atoms with Crippen LogP contribution in [0, 0.1) is 11.3 Å². The van der Waals surface area contributed by atoms with Gasteiger partial charge in [0.25, 0.3) is 0 Å². The van der Waals surface area contributed by atoms with Gasteiger partial charge in [0.05, 0.1) is 11.6 Å². The number of carbonyl (C=O) groups is 1. The Morgan fingerprint density at radius 2 is 2.07 bits per heavy atom. The largest absolute Gasteiger partial charge is 0.342 e. The number of H-pyrrole nitrogens is 1. The summed E-state index contributed by atoms with van der Waals surface area (Å²) >= 11 is 0. The number of carbonyl (C=O) groups excluding carboxylic acids is 1. The average Bonchev–Trinajstić information content (AvgIpc) is 3.25. The molecule has 5 heteroatoms. The van der Waals surface area contributed by atoms with E-state index in [1.807, 2.05) is 6.20 Å². The molecule has 2 heterocycles. The van der Waals surface area contributed by atoms with Crippen LogP contribution < -0.4 is 0 Å². The van der Waals surface area contributed by atoms with E-state index in [4.69, 9.17) is 0 Å². The van der Waals surface area contributed by atoms with Gasteiger partial charge in [-0.1, -0.05) is 27.2 Å². The number of nitrogens with zero attached hydrogens (tertiary/aromatic N) is 3. The molecule has 5 nitrogen and oxygen atoms in total. The molecule has 0 aromatic carbocycles. The predicted molar refractivity (Wildman–Crippen MR) is 114 cm³/mol. The van der Waals surface area contributed by atoms with Gasteiger partial charge < -0.3 is 9.80 Å². The minimum Gasteiger partial charge on any atom is -0.342 e. The van der Waals surface area contributed by atoms with E-state index in [1.165, 1.54) is 24.1 Å². The third kappa shape index (κ3) is 4.79. The van der Waals surface area contributed by atoms with E-state index in [0.29, 0.717) is 17.7 Å². The third-order valence-electron chi connectivity index (χ3n) is 7.01. The highest BCUT2D eigenvalue weighted by molar-refractivity contribution is 5.85. The lowest BCUT2D eigenvalue weighted by Gasteiger charge is -2.36. The molecule has 0 unspecified atom stereocenters. The van der Waals surface area contributed by atoms with E-state index < -0.39 is 0 Å². The highest BCUT2D eigenvalue weighted by Gasteiger charge is 2.48. The molecule has 1 saturated heterocycles. The molecule has 2 aliphatic rings. The third-order valence-corrected chi connectivity index (χ3v) is 7.01. The molecule has 1 saturated carbocycles. The first-order valence-electron chi connectivity index (χ1n) is 11.4. The van der Waals surface area contributed by atoms with Crippen molar-refractivity contribution in [2.75, 3.05) is 26.7 Å². The number of likely N-dealkylation sites (tertiary alicyclic amines) is 1. The van der Waals surface area contributed by atoms with E-state index in [1.54, 1.807) is 0 Å². The first-order valence-corrected chi connectivity index (χ1v) is 11.4. The summed E-state index contributed by atoms with van der Waals surface area (Å²) < 4.78 is 0. The summed E-state index contributed by atoms with van der Waals surface area (Å²) in [6.45, 7) is 10.7. The van der Waals surface area contributed by atoms with Crippen LogP contribution in [-0.2, 0) is 11.3 Å². The quantitative estimate of drug-likeness (QED) is 0.674. The van der Waals surface area contributed by atoms with Crippen molar-refractivity contribution in [1.29, 1.82) is 0 Å². The van der Waals surface area contributed by atoms with Crippen molar-refractivity contribution in [2.45, 2.75) is 84.6 Å². The summed E-state index contributed by atoms with van der Waals surface area (Å²) in [5.74, 6) is 1.63. The zero-order valence-corrected chi connectivity index (χ0v) is 18.5. The number of aromatic amines is 1. The Morgan fingerprint density at radius 1 is 1.32 bits per heavy atom. The summed E-state index contributed by atoms with van der Waals surface area (Å²) in [5.41, 5.74) is 2.60. The number of hydrogen-bond donors (Lipinski definition) is 1. The Hall–Kier alpha value is -1.36. The van der Waals surface area contributed by atoms with Gasteiger partial charge in [-0.25, -0.2) is 0 Å². The van der Waals surface area contributed by atoms with Crippen LogP contribution in [0.4, 0.5) is 0 Å². The number of nitrogens with one attached hydrogen (secondary N) is 1. The molecule has 1 aliphatic heterocycles. The fourth-order valence-corrected chi connectivity index (χ4v) is 5.04. The van der Waals surface area contributed by atoms with Gasteiger partial charge in [-0.15, -0.1) is 0 Å². The van der Waals surface area contributed by atoms with Crippen molar-refractivity contribution in [3.63, 3.8) is 0 Å². The van der Waals surface area contributed by atoms with Crippen molar-refractivity contribution < 1.29 is 4.79 Å². The summed E-state index contributed by atoms with van der Waals surface area (Å²) in [6, 6.07) is 0. The fourth-order valence-electron chi connectivity index (χ4n) is 5.04. The molecular formula is C23H40N4O. The SMILES string of the molecule is CCCCN(C)Cc1cn[nH]c1C1CCC2(CC1)CCN(CCC(C)C)C2=O. The minimum absolute atomic E-state index is 0.0639. The monoisotopic (exact) mass is 388 g/mol. The van der Waals surface area contributed by atoms with Crippen LogP contribution in [-0.4, -0.2) is 52.6 Å². The van der Waals surface area contributed by atoms with Gasteiger partial charge in [-0.3, -0.25) is 9.89 Å². The van der Waals surface area contributed by atoms with Crippen molar-refractivity contribution in [3.05, 3.63) is 17.5 Å². The van der Waals surface area contributed by atoms with Crippen LogP contribution in [0.1, 0.15) is 89.3 Å². The fraction of sp³-hybridized carbons (Fsp3) is 0.826. The molecule has 0 bridgehead atoms. The normalized spacial score (nSPS) is 25.6. The maximum atomic E-state index is 13.1. The molecule has 3 rings (SSSR count). The van der Waals surface area contributed by atoms with Crippen molar-refractivity contribution >= 4 is 5.91 Å². The van der Waals surface area contributed by atoms with Crippen LogP contribution in [0.3, 0.4) is 0 Å².